The summed E-state index contributed by atoms with van der Waals surface area (Å²) in [5.41, 5.74) is 0.366. The van der Waals surface area contributed by atoms with Gasteiger partial charge in [0, 0.05) is 33.2 Å². The minimum atomic E-state index is 0.0329. The standard InChI is InChI=1S/C15H30N4O/c1-7-15(4)8-9-19(11-15)14(17-12(2)3)16-10-13(20)18(5)6/h12H,7-11H2,1-6H3,(H,16,17). The average Bonchev–Trinajstić information content (AvgIpc) is 2.77. The predicted octanol–water partition coefficient (Wildman–Crippen LogP) is 1.55. The molecule has 1 heterocycles. The molecule has 116 valence electrons. The summed E-state index contributed by atoms with van der Waals surface area (Å²) in [7, 11) is 3.52. The number of aliphatic imine (C=N–C) groups is 1. The van der Waals surface area contributed by atoms with E-state index in [1.165, 1.54) is 12.8 Å². The maximum atomic E-state index is 11.7. The zero-order chi connectivity index (χ0) is 15.3. The van der Waals surface area contributed by atoms with E-state index in [2.05, 4.69) is 42.9 Å². The van der Waals surface area contributed by atoms with E-state index in [9.17, 15) is 4.79 Å². The second-order valence-corrected chi connectivity index (χ2v) is 6.56. The maximum absolute atomic E-state index is 11.7. The lowest BCUT2D eigenvalue weighted by atomic mass is 9.87. The Bertz CT molecular complexity index is 365. The summed E-state index contributed by atoms with van der Waals surface area (Å²) in [5, 5.41) is 3.38. The molecule has 1 aliphatic rings. The van der Waals surface area contributed by atoms with Gasteiger partial charge < -0.3 is 15.1 Å². The van der Waals surface area contributed by atoms with Crippen LogP contribution in [0.5, 0.6) is 0 Å². The fourth-order valence-electron chi connectivity index (χ4n) is 2.27. The second-order valence-electron chi connectivity index (χ2n) is 6.56. The fraction of sp³-hybridized carbons (Fsp3) is 0.867. The van der Waals surface area contributed by atoms with Crippen molar-refractivity contribution in [3.63, 3.8) is 0 Å². The van der Waals surface area contributed by atoms with Crippen LogP contribution in [0.1, 0.15) is 40.5 Å². The smallest absolute Gasteiger partial charge is 0.243 e. The number of likely N-dealkylation sites (tertiary alicyclic amines) is 1. The number of hydrogen-bond donors (Lipinski definition) is 1. The van der Waals surface area contributed by atoms with E-state index in [1.54, 1.807) is 19.0 Å². The molecule has 0 bridgehead atoms. The van der Waals surface area contributed by atoms with Crippen LogP contribution in [-0.4, -0.2) is 61.4 Å². The molecular formula is C15H30N4O. The SMILES string of the molecule is CCC1(C)CCN(C(=NCC(=O)N(C)C)NC(C)C)C1. The molecule has 1 unspecified atom stereocenters. The Morgan fingerprint density at radius 3 is 2.55 bits per heavy atom. The van der Waals surface area contributed by atoms with Crippen molar-refractivity contribution in [3.05, 3.63) is 0 Å². The first-order valence-electron chi connectivity index (χ1n) is 7.53. The fourth-order valence-corrected chi connectivity index (χ4v) is 2.27. The maximum Gasteiger partial charge on any atom is 0.243 e. The van der Waals surface area contributed by atoms with Gasteiger partial charge in [-0.3, -0.25) is 4.79 Å². The number of guanidine groups is 1. The van der Waals surface area contributed by atoms with E-state index < -0.39 is 0 Å². The van der Waals surface area contributed by atoms with Crippen molar-refractivity contribution < 1.29 is 4.79 Å². The van der Waals surface area contributed by atoms with E-state index in [0.717, 1.165) is 19.0 Å². The quantitative estimate of drug-likeness (QED) is 0.629. The van der Waals surface area contributed by atoms with Gasteiger partial charge in [0.25, 0.3) is 0 Å². The molecule has 1 atom stereocenters. The number of carbonyl (C=O) groups is 1. The third-order valence-electron chi connectivity index (χ3n) is 3.99. The van der Waals surface area contributed by atoms with Crippen LogP contribution in [0.3, 0.4) is 0 Å². The number of likely N-dealkylation sites (N-methyl/N-ethyl adjacent to an activating group) is 1. The molecule has 0 saturated carbocycles. The number of amides is 1. The van der Waals surface area contributed by atoms with Gasteiger partial charge in [0.15, 0.2) is 5.96 Å². The highest BCUT2D eigenvalue weighted by molar-refractivity contribution is 5.85. The van der Waals surface area contributed by atoms with Gasteiger partial charge in [-0.15, -0.1) is 0 Å². The van der Waals surface area contributed by atoms with E-state index in [-0.39, 0.29) is 12.5 Å². The number of nitrogens with zero attached hydrogens (tertiary/aromatic N) is 3. The largest absolute Gasteiger partial charge is 0.354 e. The zero-order valence-corrected chi connectivity index (χ0v) is 13.9. The van der Waals surface area contributed by atoms with Gasteiger partial charge >= 0.3 is 0 Å². The summed E-state index contributed by atoms with van der Waals surface area (Å²) in [4.78, 5) is 20.1. The Morgan fingerprint density at radius 1 is 1.45 bits per heavy atom. The Morgan fingerprint density at radius 2 is 2.10 bits per heavy atom. The van der Waals surface area contributed by atoms with Crippen molar-refractivity contribution in [3.8, 4) is 0 Å². The van der Waals surface area contributed by atoms with Gasteiger partial charge in [-0.2, -0.15) is 0 Å². The van der Waals surface area contributed by atoms with Gasteiger partial charge in [-0.25, -0.2) is 4.99 Å². The number of rotatable bonds is 4. The molecule has 0 aromatic carbocycles. The molecule has 1 N–H and O–H groups in total. The predicted molar refractivity (Wildman–Crippen MR) is 83.9 cm³/mol. The molecule has 1 fully saturated rings. The van der Waals surface area contributed by atoms with Crippen molar-refractivity contribution in [2.45, 2.75) is 46.6 Å². The third kappa shape index (κ3) is 4.69. The second kappa shape index (κ2) is 6.95. The molecule has 5 nitrogen and oxygen atoms in total. The van der Waals surface area contributed by atoms with Crippen LogP contribution in [0.4, 0.5) is 0 Å². The normalized spacial score (nSPS) is 23.4. The van der Waals surface area contributed by atoms with Gasteiger partial charge in [0.05, 0.1) is 0 Å². The molecule has 1 rings (SSSR count). The Labute approximate surface area is 123 Å². The lowest BCUT2D eigenvalue weighted by Crippen LogP contribution is -2.44. The highest BCUT2D eigenvalue weighted by Gasteiger charge is 2.33. The van der Waals surface area contributed by atoms with Crippen molar-refractivity contribution in [1.82, 2.24) is 15.1 Å². The van der Waals surface area contributed by atoms with Gasteiger partial charge in [-0.1, -0.05) is 13.8 Å². The van der Waals surface area contributed by atoms with Crippen LogP contribution in [0, 0.1) is 5.41 Å². The minimum Gasteiger partial charge on any atom is -0.354 e. The third-order valence-corrected chi connectivity index (χ3v) is 3.99. The zero-order valence-electron chi connectivity index (χ0n) is 13.9. The first kappa shape index (κ1) is 16.8. The van der Waals surface area contributed by atoms with Crippen molar-refractivity contribution in [2.24, 2.45) is 10.4 Å². The molecular weight excluding hydrogens is 252 g/mol. The summed E-state index contributed by atoms with van der Waals surface area (Å²) < 4.78 is 0. The first-order valence-corrected chi connectivity index (χ1v) is 7.53. The summed E-state index contributed by atoms with van der Waals surface area (Å²) in [6, 6.07) is 0.316. The first-order chi connectivity index (χ1) is 9.27. The molecule has 1 aliphatic heterocycles. The number of carbonyl (C=O) groups excluding carboxylic acids is 1. The van der Waals surface area contributed by atoms with E-state index in [4.69, 9.17) is 0 Å². The summed E-state index contributed by atoms with van der Waals surface area (Å²) in [5.74, 6) is 0.901. The average molecular weight is 282 g/mol. The highest BCUT2D eigenvalue weighted by atomic mass is 16.2. The Kier molecular flexibility index (Phi) is 5.84. The van der Waals surface area contributed by atoms with Crippen LogP contribution < -0.4 is 5.32 Å². The molecule has 5 heteroatoms. The molecule has 20 heavy (non-hydrogen) atoms. The van der Waals surface area contributed by atoms with Gasteiger partial charge in [0.2, 0.25) is 5.91 Å². The van der Waals surface area contributed by atoms with Gasteiger partial charge in [0.1, 0.15) is 6.54 Å². The van der Waals surface area contributed by atoms with E-state index in [0.29, 0.717) is 11.5 Å². The van der Waals surface area contributed by atoms with Crippen LogP contribution in [0.15, 0.2) is 4.99 Å². The minimum absolute atomic E-state index is 0.0329. The number of hydrogen-bond acceptors (Lipinski definition) is 2. The molecule has 0 aliphatic carbocycles. The van der Waals surface area contributed by atoms with Crippen LogP contribution in [-0.2, 0) is 4.79 Å². The Balaban J connectivity index is 2.75. The lowest BCUT2D eigenvalue weighted by molar-refractivity contribution is -0.127. The van der Waals surface area contributed by atoms with Crippen LogP contribution in [0.25, 0.3) is 0 Å². The van der Waals surface area contributed by atoms with Crippen LogP contribution in [0.2, 0.25) is 0 Å². The topological polar surface area (TPSA) is 47.9 Å². The van der Waals surface area contributed by atoms with Crippen molar-refractivity contribution in [1.29, 1.82) is 0 Å². The Hall–Kier alpha value is -1.26. The highest BCUT2D eigenvalue weighted by Crippen LogP contribution is 2.32. The van der Waals surface area contributed by atoms with Crippen LogP contribution >= 0.6 is 0 Å². The molecule has 0 aromatic heterocycles. The lowest BCUT2D eigenvalue weighted by Gasteiger charge is -2.27. The monoisotopic (exact) mass is 282 g/mol. The van der Waals surface area contributed by atoms with Crippen molar-refractivity contribution in [2.75, 3.05) is 33.7 Å². The van der Waals surface area contributed by atoms with Crippen molar-refractivity contribution >= 4 is 11.9 Å². The van der Waals surface area contributed by atoms with E-state index in [1.807, 2.05) is 0 Å². The molecule has 0 radical (unpaired) electrons. The van der Waals surface area contributed by atoms with Gasteiger partial charge in [-0.05, 0) is 32.1 Å². The molecule has 0 spiro atoms. The molecule has 1 saturated heterocycles. The number of nitrogens with one attached hydrogen (secondary N) is 1. The molecule has 0 aromatic rings. The summed E-state index contributed by atoms with van der Waals surface area (Å²) in [6.45, 7) is 11.0. The summed E-state index contributed by atoms with van der Waals surface area (Å²) in [6.07, 6.45) is 2.36. The summed E-state index contributed by atoms with van der Waals surface area (Å²) >= 11 is 0. The molecule has 1 amide bonds. The van der Waals surface area contributed by atoms with E-state index >= 15 is 0 Å².